The number of halogens is 1. The number of pyridine rings is 1. The number of fused-ring (bicyclic) bond motifs is 1. The van der Waals surface area contributed by atoms with Crippen LogP contribution in [-0.2, 0) is 0 Å². The molecule has 3 heterocycles. The summed E-state index contributed by atoms with van der Waals surface area (Å²) in [4.78, 5) is 9.73. The minimum atomic E-state index is 0.748. The molecule has 0 amide bonds. The number of nitrogens with zero attached hydrogens (tertiary/aromatic N) is 3. The molecule has 1 aromatic heterocycles. The summed E-state index contributed by atoms with van der Waals surface area (Å²) in [7, 11) is 0. The molecule has 0 spiro atoms. The van der Waals surface area contributed by atoms with Crippen molar-refractivity contribution in [2.45, 2.75) is 32.2 Å². The van der Waals surface area contributed by atoms with E-state index in [1.807, 2.05) is 6.20 Å². The van der Waals surface area contributed by atoms with Gasteiger partial charge in [-0.3, -0.25) is 4.90 Å². The summed E-state index contributed by atoms with van der Waals surface area (Å²) in [5, 5.41) is 0. The van der Waals surface area contributed by atoms with Crippen LogP contribution in [0.1, 0.15) is 24.8 Å². The van der Waals surface area contributed by atoms with Gasteiger partial charge >= 0.3 is 0 Å². The quantitative estimate of drug-likeness (QED) is 0.795. The van der Waals surface area contributed by atoms with Crippen molar-refractivity contribution in [3.05, 3.63) is 22.3 Å². The van der Waals surface area contributed by atoms with Gasteiger partial charge in [0, 0.05) is 36.3 Å². The summed E-state index contributed by atoms with van der Waals surface area (Å²) in [6, 6.07) is 2.91. The van der Waals surface area contributed by atoms with Crippen molar-refractivity contribution in [1.29, 1.82) is 0 Å². The Morgan fingerprint density at radius 3 is 3.00 bits per heavy atom. The van der Waals surface area contributed by atoms with Crippen molar-refractivity contribution in [2.24, 2.45) is 0 Å². The van der Waals surface area contributed by atoms with E-state index in [0.717, 1.165) is 23.6 Å². The van der Waals surface area contributed by atoms with Crippen LogP contribution in [0.3, 0.4) is 0 Å². The van der Waals surface area contributed by atoms with Gasteiger partial charge in [-0.25, -0.2) is 4.98 Å². The Bertz CT molecular complexity index is 435. The van der Waals surface area contributed by atoms with Crippen molar-refractivity contribution >= 4 is 21.7 Å². The molecule has 0 bridgehead atoms. The van der Waals surface area contributed by atoms with E-state index in [0.29, 0.717) is 0 Å². The molecule has 0 aromatic carbocycles. The first-order valence-electron chi connectivity index (χ1n) is 6.85. The number of aromatic nitrogens is 1. The van der Waals surface area contributed by atoms with Crippen LogP contribution in [0.5, 0.6) is 0 Å². The second kappa shape index (κ2) is 5.17. The lowest BCUT2D eigenvalue weighted by molar-refractivity contribution is 0.133. The van der Waals surface area contributed by atoms with Crippen molar-refractivity contribution in [3.63, 3.8) is 0 Å². The zero-order valence-corrected chi connectivity index (χ0v) is 12.5. The van der Waals surface area contributed by atoms with Crippen molar-refractivity contribution < 1.29 is 0 Å². The Labute approximate surface area is 117 Å². The van der Waals surface area contributed by atoms with Gasteiger partial charge in [-0.15, -0.1) is 0 Å². The standard InChI is InChI=1S/C14H20BrN3/c1-11-8-12(15)9-16-14(11)18-7-6-17-5-3-2-4-13(17)10-18/h8-9,13H,2-7,10H2,1H3. The zero-order chi connectivity index (χ0) is 12.5. The molecule has 2 aliphatic heterocycles. The number of anilines is 1. The molecule has 1 atom stereocenters. The maximum absolute atomic E-state index is 4.60. The highest BCUT2D eigenvalue weighted by molar-refractivity contribution is 9.10. The smallest absolute Gasteiger partial charge is 0.131 e. The lowest BCUT2D eigenvalue weighted by Gasteiger charge is -2.44. The average molecular weight is 310 g/mol. The predicted octanol–water partition coefficient (Wildman–Crippen LogP) is 2.83. The van der Waals surface area contributed by atoms with Crippen molar-refractivity contribution in [3.8, 4) is 0 Å². The SMILES string of the molecule is Cc1cc(Br)cnc1N1CCN2CCCCC2C1. The molecule has 1 unspecified atom stereocenters. The molecule has 2 saturated heterocycles. The Morgan fingerprint density at radius 2 is 2.17 bits per heavy atom. The lowest BCUT2D eigenvalue weighted by atomic mass is 9.99. The molecule has 2 aliphatic rings. The Hall–Kier alpha value is -0.610. The van der Waals surface area contributed by atoms with E-state index in [4.69, 9.17) is 0 Å². The first-order valence-corrected chi connectivity index (χ1v) is 7.64. The topological polar surface area (TPSA) is 19.4 Å². The first kappa shape index (κ1) is 12.4. The summed E-state index contributed by atoms with van der Waals surface area (Å²) in [6.45, 7) is 6.91. The second-order valence-corrected chi connectivity index (χ2v) is 6.34. The van der Waals surface area contributed by atoms with Gasteiger partial charge in [0.05, 0.1) is 0 Å². The average Bonchev–Trinajstić information content (AvgIpc) is 2.38. The normalized spacial score (nSPS) is 25.0. The van der Waals surface area contributed by atoms with Crippen LogP contribution in [0.2, 0.25) is 0 Å². The monoisotopic (exact) mass is 309 g/mol. The highest BCUT2D eigenvalue weighted by Gasteiger charge is 2.29. The number of hydrogen-bond donors (Lipinski definition) is 0. The number of rotatable bonds is 1. The highest BCUT2D eigenvalue weighted by Crippen LogP contribution is 2.26. The number of aryl methyl sites for hydroxylation is 1. The number of piperazine rings is 1. The largest absolute Gasteiger partial charge is 0.354 e. The molecule has 3 nitrogen and oxygen atoms in total. The van der Waals surface area contributed by atoms with Gasteiger partial charge in [-0.1, -0.05) is 6.42 Å². The minimum absolute atomic E-state index is 0.748. The number of piperidine rings is 1. The van der Waals surface area contributed by atoms with E-state index in [1.165, 1.54) is 43.7 Å². The van der Waals surface area contributed by atoms with E-state index in [2.05, 4.69) is 43.7 Å². The maximum atomic E-state index is 4.60. The third kappa shape index (κ3) is 2.41. The summed E-state index contributed by atoms with van der Waals surface area (Å²) >= 11 is 3.49. The van der Waals surface area contributed by atoms with Crippen LogP contribution >= 0.6 is 15.9 Å². The van der Waals surface area contributed by atoms with Gasteiger partial charge < -0.3 is 4.90 Å². The second-order valence-electron chi connectivity index (χ2n) is 5.43. The minimum Gasteiger partial charge on any atom is -0.354 e. The lowest BCUT2D eigenvalue weighted by Crippen LogP contribution is -2.55. The molecule has 98 valence electrons. The molecule has 2 fully saturated rings. The van der Waals surface area contributed by atoms with E-state index >= 15 is 0 Å². The molecule has 4 heteroatoms. The van der Waals surface area contributed by atoms with E-state index in [1.54, 1.807) is 0 Å². The Kier molecular flexibility index (Phi) is 3.57. The van der Waals surface area contributed by atoms with Gasteiger partial charge in [0.15, 0.2) is 0 Å². The third-order valence-corrected chi connectivity index (χ3v) is 4.59. The molecule has 0 aliphatic carbocycles. The van der Waals surface area contributed by atoms with Gasteiger partial charge in [0.1, 0.15) is 5.82 Å². The fourth-order valence-corrected chi connectivity index (χ4v) is 3.66. The molecule has 18 heavy (non-hydrogen) atoms. The van der Waals surface area contributed by atoms with E-state index < -0.39 is 0 Å². The molecule has 0 saturated carbocycles. The predicted molar refractivity (Wildman–Crippen MR) is 78.1 cm³/mol. The van der Waals surface area contributed by atoms with Gasteiger partial charge in [0.25, 0.3) is 0 Å². The van der Waals surface area contributed by atoms with Crippen LogP contribution in [0.25, 0.3) is 0 Å². The van der Waals surface area contributed by atoms with E-state index in [9.17, 15) is 0 Å². The number of hydrogen-bond acceptors (Lipinski definition) is 3. The first-order chi connectivity index (χ1) is 8.74. The van der Waals surface area contributed by atoms with Gasteiger partial charge in [-0.05, 0) is 53.9 Å². The van der Waals surface area contributed by atoms with Gasteiger partial charge in [-0.2, -0.15) is 0 Å². The summed E-state index contributed by atoms with van der Waals surface area (Å²) in [5.74, 6) is 1.17. The summed E-state index contributed by atoms with van der Waals surface area (Å²) in [6.07, 6.45) is 6.04. The molecule has 0 radical (unpaired) electrons. The molecule has 1 aromatic rings. The fourth-order valence-electron chi connectivity index (χ4n) is 3.21. The van der Waals surface area contributed by atoms with Crippen LogP contribution in [0.4, 0.5) is 5.82 Å². The molecular formula is C14H20BrN3. The van der Waals surface area contributed by atoms with Crippen LogP contribution in [0.15, 0.2) is 16.7 Å². The highest BCUT2D eigenvalue weighted by atomic mass is 79.9. The zero-order valence-electron chi connectivity index (χ0n) is 10.9. The third-order valence-electron chi connectivity index (χ3n) is 4.15. The summed E-state index contributed by atoms with van der Waals surface area (Å²) in [5.41, 5.74) is 1.27. The summed E-state index contributed by atoms with van der Waals surface area (Å²) < 4.78 is 1.07. The van der Waals surface area contributed by atoms with E-state index in [-0.39, 0.29) is 0 Å². The Balaban J connectivity index is 1.77. The molecule has 0 N–H and O–H groups in total. The fraction of sp³-hybridized carbons (Fsp3) is 0.643. The van der Waals surface area contributed by atoms with Crippen LogP contribution in [0, 0.1) is 6.92 Å². The van der Waals surface area contributed by atoms with Crippen LogP contribution < -0.4 is 4.90 Å². The van der Waals surface area contributed by atoms with Crippen molar-refractivity contribution in [1.82, 2.24) is 9.88 Å². The molecular weight excluding hydrogens is 290 g/mol. The van der Waals surface area contributed by atoms with Crippen molar-refractivity contribution in [2.75, 3.05) is 31.1 Å². The van der Waals surface area contributed by atoms with Gasteiger partial charge in [0.2, 0.25) is 0 Å². The maximum Gasteiger partial charge on any atom is 0.131 e. The van der Waals surface area contributed by atoms with Crippen LogP contribution in [-0.4, -0.2) is 42.1 Å². The molecule has 3 rings (SSSR count). The Morgan fingerprint density at radius 1 is 1.28 bits per heavy atom.